The Labute approximate surface area is 157 Å². The van der Waals surface area contributed by atoms with E-state index in [1.165, 1.54) is 12.3 Å². The van der Waals surface area contributed by atoms with Crippen LogP contribution in [0.15, 0.2) is 52.0 Å². The van der Waals surface area contributed by atoms with Gasteiger partial charge in [0, 0.05) is 10.2 Å². The van der Waals surface area contributed by atoms with Crippen LogP contribution in [0.25, 0.3) is 0 Å². The third-order valence-electron chi connectivity index (χ3n) is 2.80. The fourth-order valence-electron chi connectivity index (χ4n) is 1.69. The second-order valence-corrected chi connectivity index (χ2v) is 6.43. The number of carbonyl (C=O) groups is 2. The molecule has 5 nitrogen and oxygen atoms in total. The molecule has 124 valence electrons. The number of halogens is 3. The molecule has 0 bridgehead atoms. The molecule has 0 radical (unpaired) electrons. The number of nitrogens with zero attached hydrogens (tertiary/aromatic N) is 1. The maximum atomic E-state index is 11.8. The molecule has 0 atom stereocenters. The van der Waals surface area contributed by atoms with Crippen molar-refractivity contribution in [3.63, 3.8) is 0 Å². The van der Waals surface area contributed by atoms with Gasteiger partial charge in [0.05, 0.1) is 16.3 Å². The molecule has 0 aliphatic carbocycles. The van der Waals surface area contributed by atoms with E-state index in [2.05, 4.69) is 31.8 Å². The van der Waals surface area contributed by atoms with Gasteiger partial charge >= 0.3 is 0 Å². The van der Waals surface area contributed by atoms with Crippen molar-refractivity contribution in [1.29, 1.82) is 0 Å². The van der Waals surface area contributed by atoms with Crippen LogP contribution in [0.1, 0.15) is 12.0 Å². The summed E-state index contributed by atoms with van der Waals surface area (Å²) >= 11 is 15.0. The Morgan fingerprint density at radius 3 is 2.42 bits per heavy atom. The van der Waals surface area contributed by atoms with E-state index >= 15 is 0 Å². The van der Waals surface area contributed by atoms with Crippen molar-refractivity contribution in [2.75, 3.05) is 5.32 Å². The second kappa shape index (κ2) is 8.82. The van der Waals surface area contributed by atoms with Crippen LogP contribution in [0.2, 0.25) is 10.0 Å². The Kier molecular flexibility index (Phi) is 6.78. The van der Waals surface area contributed by atoms with Gasteiger partial charge in [-0.1, -0.05) is 51.3 Å². The van der Waals surface area contributed by atoms with Gasteiger partial charge in [0.15, 0.2) is 0 Å². The number of carbonyl (C=O) groups excluding carboxylic acids is 2. The van der Waals surface area contributed by atoms with Crippen LogP contribution in [-0.4, -0.2) is 18.0 Å². The average molecular weight is 429 g/mol. The third kappa shape index (κ3) is 5.96. The lowest BCUT2D eigenvalue weighted by Gasteiger charge is -2.05. The summed E-state index contributed by atoms with van der Waals surface area (Å²) in [5, 5.41) is 7.06. The summed E-state index contributed by atoms with van der Waals surface area (Å²) in [5.74, 6) is -1.01. The molecule has 2 amide bonds. The number of benzene rings is 2. The van der Waals surface area contributed by atoms with E-state index in [-0.39, 0.29) is 6.42 Å². The normalized spacial score (nSPS) is 10.6. The zero-order chi connectivity index (χ0) is 17.5. The van der Waals surface area contributed by atoms with Crippen molar-refractivity contribution >= 4 is 62.8 Å². The summed E-state index contributed by atoms with van der Waals surface area (Å²) in [6.07, 6.45) is 1.12. The van der Waals surface area contributed by atoms with Gasteiger partial charge in [-0.05, 0) is 35.9 Å². The minimum atomic E-state index is -0.527. The van der Waals surface area contributed by atoms with Crippen LogP contribution in [0.3, 0.4) is 0 Å². The summed E-state index contributed by atoms with van der Waals surface area (Å²) in [6, 6.07) is 12.0. The van der Waals surface area contributed by atoms with Gasteiger partial charge in [-0.15, -0.1) is 0 Å². The van der Waals surface area contributed by atoms with Crippen LogP contribution in [0, 0.1) is 0 Å². The lowest BCUT2D eigenvalue weighted by atomic mass is 10.2. The fraction of sp³-hybridized carbons (Fsp3) is 0.0625. The van der Waals surface area contributed by atoms with Gasteiger partial charge in [0.1, 0.15) is 6.42 Å². The molecule has 24 heavy (non-hydrogen) atoms. The highest BCUT2D eigenvalue weighted by atomic mass is 79.9. The molecule has 0 heterocycles. The van der Waals surface area contributed by atoms with Crippen molar-refractivity contribution in [3.8, 4) is 0 Å². The van der Waals surface area contributed by atoms with Crippen molar-refractivity contribution in [2.24, 2.45) is 5.10 Å². The molecule has 0 fully saturated rings. The van der Waals surface area contributed by atoms with E-state index in [0.29, 0.717) is 15.7 Å². The predicted molar refractivity (Wildman–Crippen MR) is 99.6 cm³/mol. The van der Waals surface area contributed by atoms with E-state index in [1.807, 2.05) is 24.3 Å². The molecular formula is C16H12BrCl2N3O2. The molecule has 2 rings (SSSR count). The first-order chi connectivity index (χ1) is 11.4. The maximum Gasteiger partial charge on any atom is 0.249 e. The molecule has 0 spiro atoms. The Morgan fingerprint density at radius 2 is 1.75 bits per heavy atom. The zero-order valence-corrected chi connectivity index (χ0v) is 15.3. The third-order valence-corrected chi connectivity index (χ3v) is 4.07. The summed E-state index contributed by atoms with van der Waals surface area (Å²) in [7, 11) is 0. The standard InChI is InChI=1S/C16H12BrCl2N3O2/c17-11-3-1-10(2-4-11)9-20-22-16(24)8-15(23)21-12-5-6-13(18)14(19)7-12/h1-7,9H,8H2,(H,21,23)(H,22,24)/b20-9-. The van der Waals surface area contributed by atoms with Crippen molar-refractivity contribution in [2.45, 2.75) is 6.42 Å². The molecule has 0 aromatic heterocycles. The van der Waals surface area contributed by atoms with E-state index in [1.54, 1.807) is 12.1 Å². The number of nitrogens with one attached hydrogen (secondary N) is 2. The summed E-state index contributed by atoms with van der Waals surface area (Å²) in [5.41, 5.74) is 3.57. The summed E-state index contributed by atoms with van der Waals surface area (Å²) in [4.78, 5) is 23.5. The monoisotopic (exact) mass is 427 g/mol. The summed E-state index contributed by atoms with van der Waals surface area (Å²) < 4.78 is 0.947. The highest BCUT2D eigenvalue weighted by Crippen LogP contribution is 2.24. The SMILES string of the molecule is O=C(CC(=O)Nc1ccc(Cl)c(Cl)c1)N/N=C\c1ccc(Br)cc1. The topological polar surface area (TPSA) is 70.6 Å². The highest BCUT2D eigenvalue weighted by molar-refractivity contribution is 9.10. The quantitative estimate of drug-likeness (QED) is 0.424. The molecule has 2 aromatic carbocycles. The predicted octanol–water partition coefficient (Wildman–Crippen LogP) is 4.23. The largest absolute Gasteiger partial charge is 0.326 e. The van der Waals surface area contributed by atoms with Gasteiger partial charge < -0.3 is 5.32 Å². The Hall–Kier alpha value is -1.89. The molecule has 0 aliphatic heterocycles. The minimum absolute atomic E-state index is 0.318. The van der Waals surface area contributed by atoms with Gasteiger partial charge in [-0.3, -0.25) is 9.59 Å². The molecule has 0 saturated carbocycles. The van der Waals surface area contributed by atoms with E-state index in [9.17, 15) is 9.59 Å². The number of rotatable bonds is 5. The van der Waals surface area contributed by atoms with Crippen LogP contribution >= 0.6 is 39.1 Å². The average Bonchev–Trinajstić information content (AvgIpc) is 2.53. The molecule has 0 aliphatic rings. The van der Waals surface area contributed by atoms with Gasteiger partial charge in [-0.2, -0.15) is 5.10 Å². The van der Waals surface area contributed by atoms with Crippen LogP contribution in [0.5, 0.6) is 0 Å². The number of hydrogen-bond donors (Lipinski definition) is 2. The van der Waals surface area contributed by atoms with Crippen molar-refractivity contribution in [3.05, 3.63) is 62.5 Å². The Morgan fingerprint density at radius 1 is 1.04 bits per heavy atom. The molecule has 0 unspecified atom stereocenters. The lowest BCUT2D eigenvalue weighted by Crippen LogP contribution is -2.24. The fourth-order valence-corrected chi connectivity index (χ4v) is 2.25. The smallest absolute Gasteiger partial charge is 0.249 e. The zero-order valence-electron chi connectivity index (χ0n) is 12.2. The van der Waals surface area contributed by atoms with E-state index in [0.717, 1.165) is 10.0 Å². The highest BCUT2D eigenvalue weighted by Gasteiger charge is 2.09. The first kappa shape index (κ1) is 18.4. The van der Waals surface area contributed by atoms with Crippen LogP contribution in [-0.2, 0) is 9.59 Å². The van der Waals surface area contributed by atoms with Crippen molar-refractivity contribution < 1.29 is 9.59 Å². The summed E-state index contributed by atoms with van der Waals surface area (Å²) in [6.45, 7) is 0. The Balaban J connectivity index is 1.81. The molecular weight excluding hydrogens is 417 g/mol. The number of hydrogen-bond acceptors (Lipinski definition) is 3. The molecule has 0 saturated heterocycles. The number of anilines is 1. The molecule has 8 heteroatoms. The van der Waals surface area contributed by atoms with E-state index < -0.39 is 11.8 Å². The number of amides is 2. The van der Waals surface area contributed by atoms with Crippen LogP contribution < -0.4 is 10.7 Å². The lowest BCUT2D eigenvalue weighted by molar-refractivity contribution is -0.126. The minimum Gasteiger partial charge on any atom is -0.326 e. The number of hydrazone groups is 1. The van der Waals surface area contributed by atoms with Gasteiger partial charge in [-0.25, -0.2) is 5.43 Å². The Bertz CT molecular complexity index is 779. The molecule has 2 aromatic rings. The van der Waals surface area contributed by atoms with Gasteiger partial charge in [0.25, 0.3) is 0 Å². The first-order valence-electron chi connectivity index (χ1n) is 6.76. The first-order valence-corrected chi connectivity index (χ1v) is 8.31. The molecule has 2 N–H and O–H groups in total. The van der Waals surface area contributed by atoms with Gasteiger partial charge in [0.2, 0.25) is 11.8 Å². The van der Waals surface area contributed by atoms with Crippen molar-refractivity contribution in [1.82, 2.24) is 5.43 Å². The second-order valence-electron chi connectivity index (χ2n) is 4.70. The van der Waals surface area contributed by atoms with E-state index in [4.69, 9.17) is 23.2 Å². The maximum absolute atomic E-state index is 11.8. The van der Waals surface area contributed by atoms with Crippen LogP contribution in [0.4, 0.5) is 5.69 Å².